The van der Waals surface area contributed by atoms with Crippen LogP contribution in [-0.4, -0.2) is 37.2 Å². The molecule has 356 valence electrons. The van der Waals surface area contributed by atoms with Crippen molar-refractivity contribution in [3.8, 4) is 0 Å². The van der Waals surface area contributed by atoms with Gasteiger partial charge in [-0.3, -0.25) is 14.4 Å². The normalized spacial score (nSPS) is 11.8. The van der Waals surface area contributed by atoms with Gasteiger partial charge >= 0.3 is 17.9 Å². The van der Waals surface area contributed by atoms with Gasteiger partial charge in [0.15, 0.2) is 6.10 Å². The highest BCUT2D eigenvalue weighted by Crippen LogP contribution is 2.17. The van der Waals surface area contributed by atoms with Crippen LogP contribution in [-0.2, 0) is 28.6 Å². The Morgan fingerprint density at radius 1 is 0.267 bits per heavy atom. The number of carbonyl (C=O) groups excluding carboxylic acids is 3. The molecule has 0 bridgehead atoms. The van der Waals surface area contributed by atoms with Crippen molar-refractivity contribution in [1.82, 2.24) is 0 Å². The van der Waals surface area contributed by atoms with Gasteiger partial charge < -0.3 is 14.2 Å². The van der Waals surface area contributed by atoms with Gasteiger partial charge in [-0.05, 0) is 19.3 Å². The number of unbranched alkanes of at least 4 members (excludes halogenated alkanes) is 39. The molecule has 0 fully saturated rings. The number of carbonyl (C=O) groups is 3. The summed E-state index contributed by atoms with van der Waals surface area (Å²) in [6, 6.07) is 0. The van der Waals surface area contributed by atoms with E-state index >= 15 is 0 Å². The number of hydrogen-bond acceptors (Lipinski definition) is 6. The lowest BCUT2D eigenvalue weighted by molar-refractivity contribution is -0.167. The molecule has 0 aromatic rings. The Morgan fingerprint density at radius 3 is 0.667 bits per heavy atom. The first-order valence-electron chi connectivity index (χ1n) is 27.0. The molecule has 0 aliphatic heterocycles. The zero-order valence-electron chi connectivity index (χ0n) is 40.8. The Balaban J connectivity index is 4.29. The van der Waals surface area contributed by atoms with Crippen molar-refractivity contribution < 1.29 is 28.6 Å². The van der Waals surface area contributed by atoms with Crippen molar-refractivity contribution in [2.24, 2.45) is 0 Å². The van der Waals surface area contributed by atoms with Gasteiger partial charge in [-0.15, -0.1) is 0 Å². The summed E-state index contributed by atoms with van der Waals surface area (Å²) in [5, 5.41) is 0. The lowest BCUT2D eigenvalue weighted by Gasteiger charge is -2.18. The van der Waals surface area contributed by atoms with Crippen LogP contribution in [0.3, 0.4) is 0 Å². The molecule has 6 heteroatoms. The van der Waals surface area contributed by atoms with E-state index in [1.165, 1.54) is 212 Å². The van der Waals surface area contributed by atoms with Crippen LogP contribution in [0.1, 0.15) is 310 Å². The predicted octanol–water partition coefficient (Wildman–Crippen LogP) is 17.6. The molecule has 0 aromatic carbocycles. The molecule has 60 heavy (non-hydrogen) atoms. The van der Waals surface area contributed by atoms with Crippen LogP contribution in [0.25, 0.3) is 0 Å². The Labute approximate surface area is 374 Å². The highest BCUT2D eigenvalue weighted by molar-refractivity contribution is 5.71. The molecule has 0 N–H and O–H groups in total. The van der Waals surface area contributed by atoms with Gasteiger partial charge in [0.2, 0.25) is 0 Å². The molecule has 0 aliphatic rings. The average molecular weight is 849 g/mol. The summed E-state index contributed by atoms with van der Waals surface area (Å²) in [6.45, 7) is 6.69. The Bertz CT molecular complexity index is 889. The second-order valence-electron chi connectivity index (χ2n) is 18.5. The van der Waals surface area contributed by atoms with E-state index in [1.807, 2.05) is 0 Å². The molecule has 0 heterocycles. The van der Waals surface area contributed by atoms with Crippen LogP contribution in [0.2, 0.25) is 0 Å². The van der Waals surface area contributed by atoms with Crippen molar-refractivity contribution in [3.63, 3.8) is 0 Å². The fraction of sp³-hybridized carbons (Fsp3) is 0.944. The minimum absolute atomic E-state index is 0.0615. The van der Waals surface area contributed by atoms with Crippen molar-refractivity contribution >= 4 is 17.9 Å². The first kappa shape index (κ1) is 58.4. The monoisotopic (exact) mass is 849 g/mol. The Kier molecular flexibility index (Phi) is 48.7. The van der Waals surface area contributed by atoms with Crippen LogP contribution in [0.15, 0.2) is 0 Å². The van der Waals surface area contributed by atoms with Gasteiger partial charge in [-0.2, -0.15) is 0 Å². The van der Waals surface area contributed by atoms with Crippen LogP contribution < -0.4 is 0 Å². The van der Waals surface area contributed by atoms with Crippen molar-refractivity contribution in [1.29, 1.82) is 0 Å². The minimum Gasteiger partial charge on any atom is -0.462 e. The highest BCUT2D eigenvalue weighted by Gasteiger charge is 2.19. The zero-order chi connectivity index (χ0) is 43.7. The number of hydrogen-bond donors (Lipinski definition) is 0. The van der Waals surface area contributed by atoms with Crippen molar-refractivity contribution in [3.05, 3.63) is 0 Å². The summed E-state index contributed by atoms with van der Waals surface area (Å²) in [6.07, 6.45) is 53.7. The summed E-state index contributed by atoms with van der Waals surface area (Å²) < 4.78 is 16.8. The Hall–Kier alpha value is -1.59. The molecule has 0 rings (SSSR count). The molecule has 0 unspecified atom stereocenters. The SMILES string of the molecule is CCCCCCCCCCCCCCCCCC(=O)OC[C@@H](COC(=O)CCCCCCCCCCCCCC)OC(=O)CCCCCCCCCCCCCCCCC. The standard InChI is InChI=1S/C54H104O6/c1-4-7-10-13-16-19-22-25-27-29-32-35-38-41-44-47-53(56)59-50-51(49-58-52(55)46-43-40-37-34-31-24-21-18-15-12-9-6-3)60-54(57)48-45-42-39-36-33-30-28-26-23-20-17-14-11-8-5-2/h51H,4-50H2,1-3H3/t51-/m1/s1. The first-order chi connectivity index (χ1) is 29.5. The number of esters is 3. The maximum absolute atomic E-state index is 12.8. The molecule has 0 aromatic heterocycles. The summed E-state index contributed by atoms with van der Waals surface area (Å²) >= 11 is 0. The van der Waals surface area contributed by atoms with E-state index < -0.39 is 6.10 Å². The van der Waals surface area contributed by atoms with E-state index in [0.717, 1.165) is 57.8 Å². The van der Waals surface area contributed by atoms with Gasteiger partial charge in [-0.25, -0.2) is 0 Å². The topological polar surface area (TPSA) is 78.9 Å². The molecule has 0 radical (unpaired) electrons. The van der Waals surface area contributed by atoms with Crippen molar-refractivity contribution in [2.75, 3.05) is 13.2 Å². The van der Waals surface area contributed by atoms with E-state index in [-0.39, 0.29) is 31.1 Å². The molecule has 6 nitrogen and oxygen atoms in total. The third-order valence-electron chi connectivity index (χ3n) is 12.4. The van der Waals surface area contributed by atoms with Gasteiger partial charge in [-0.1, -0.05) is 271 Å². The summed E-state index contributed by atoms with van der Waals surface area (Å²) in [4.78, 5) is 38.0. The number of ether oxygens (including phenoxy) is 3. The first-order valence-corrected chi connectivity index (χ1v) is 27.0. The van der Waals surface area contributed by atoms with Gasteiger partial charge in [0, 0.05) is 19.3 Å². The second-order valence-corrected chi connectivity index (χ2v) is 18.5. The molecular formula is C54H104O6. The van der Waals surface area contributed by atoms with Crippen LogP contribution in [0, 0.1) is 0 Å². The van der Waals surface area contributed by atoms with Crippen LogP contribution in [0.4, 0.5) is 0 Å². The predicted molar refractivity (Wildman–Crippen MR) is 257 cm³/mol. The summed E-state index contributed by atoms with van der Waals surface area (Å²) in [5.41, 5.74) is 0. The van der Waals surface area contributed by atoms with E-state index in [0.29, 0.717) is 19.3 Å². The van der Waals surface area contributed by atoms with Gasteiger partial charge in [0.05, 0.1) is 0 Å². The van der Waals surface area contributed by atoms with Crippen molar-refractivity contribution in [2.45, 2.75) is 316 Å². The molecule has 0 amide bonds. The molecule has 1 atom stereocenters. The number of rotatable bonds is 50. The van der Waals surface area contributed by atoms with E-state index in [2.05, 4.69) is 20.8 Å². The largest absolute Gasteiger partial charge is 0.462 e. The average Bonchev–Trinajstić information content (AvgIpc) is 3.24. The van der Waals surface area contributed by atoms with E-state index in [1.54, 1.807) is 0 Å². The second kappa shape index (κ2) is 50.1. The fourth-order valence-corrected chi connectivity index (χ4v) is 8.27. The molecular weight excluding hydrogens is 745 g/mol. The highest BCUT2D eigenvalue weighted by atomic mass is 16.6. The lowest BCUT2D eigenvalue weighted by atomic mass is 10.0. The lowest BCUT2D eigenvalue weighted by Crippen LogP contribution is -2.30. The maximum atomic E-state index is 12.8. The summed E-state index contributed by atoms with van der Waals surface area (Å²) in [5.74, 6) is -0.837. The van der Waals surface area contributed by atoms with E-state index in [9.17, 15) is 14.4 Å². The smallest absolute Gasteiger partial charge is 0.306 e. The quantitative estimate of drug-likeness (QED) is 0.0345. The molecule has 0 saturated heterocycles. The van der Waals surface area contributed by atoms with Crippen LogP contribution >= 0.6 is 0 Å². The van der Waals surface area contributed by atoms with Crippen LogP contribution in [0.5, 0.6) is 0 Å². The third-order valence-corrected chi connectivity index (χ3v) is 12.4. The van der Waals surface area contributed by atoms with Gasteiger partial charge in [0.1, 0.15) is 13.2 Å². The minimum atomic E-state index is -0.759. The molecule has 0 saturated carbocycles. The Morgan fingerprint density at radius 2 is 0.450 bits per heavy atom. The fourth-order valence-electron chi connectivity index (χ4n) is 8.27. The maximum Gasteiger partial charge on any atom is 0.306 e. The zero-order valence-corrected chi connectivity index (χ0v) is 40.8. The van der Waals surface area contributed by atoms with E-state index in [4.69, 9.17) is 14.2 Å². The van der Waals surface area contributed by atoms with Gasteiger partial charge in [0.25, 0.3) is 0 Å². The third kappa shape index (κ3) is 47.5. The molecule has 0 aliphatic carbocycles. The summed E-state index contributed by atoms with van der Waals surface area (Å²) in [7, 11) is 0. The molecule has 0 spiro atoms.